The van der Waals surface area contributed by atoms with Crippen molar-refractivity contribution in [1.29, 1.82) is 0 Å². The topological polar surface area (TPSA) is 16.1 Å². The first-order valence-corrected chi connectivity index (χ1v) is 8.73. The van der Waals surface area contributed by atoms with Gasteiger partial charge in [0.05, 0.1) is 12.2 Å². The predicted molar refractivity (Wildman–Crippen MR) is 86.5 cm³/mol. The smallest absolute Gasteiger partial charge is 0.160 e. The number of hydrogen-bond donors (Lipinski definition) is 0. The van der Waals surface area contributed by atoms with E-state index >= 15 is 0 Å². The molecule has 1 aliphatic rings. The summed E-state index contributed by atoms with van der Waals surface area (Å²) in [4.78, 5) is 6.70. The van der Waals surface area contributed by atoms with Gasteiger partial charge < -0.3 is 4.90 Å². The molecule has 0 saturated heterocycles. The molecule has 0 saturated carbocycles. The van der Waals surface area contributed by atoms with Crippen LogP contribution in [0.5, 0.6) is 0 Å². The van der Waals surface area contributed by atoms with Crippen LogP contribution < -0.4 is 4.90 Å². The Kier molecular flexibility index (Phi) is 3.43. The number of nitrogens with zero attached hydrogens (tertiary/aromatic N) is 2. The Hall–Kier alpha value is -1.79. The average molecular weight is 334 g/mol. The first-order chi connectivity index (χ1) is 10.7. The molecule has 22 heavy (non-hydrogen) atoms. The molecule has 0 fully saturated rings. The molecular weight excluding hydrogens is 322 g/mol. The zero-order chi connectivity index (χ0) is 15.1. The molecule has 3 heterocycles. The van der Waals surface area contributed by atoms with Crippen molar-refractivity contribution in [2.75, 3.05) is 11.4 Å². The van der Waals surface area contributed by atoms with Gasteiger partial charge in [-0.15, -0.1) is 11.3 Å². The van der Waals surface area contributed by atoms with Crippen molar-refractivity contribution in [3.8, 4) is 10.6 Å². The van der Waals surface area contributed by atoms with Crippen LogP contribution in [0.1, 0.15) is 11.3 Å². The lowest BCUT2D eigenvalue weighted by atomic mass is 10.1. The fourth-order valence-corrected chi connectivity index (χ4v) is 4.23. The van der Waals surface area contributed by atoms with E-state index in [9.17, 15) is 8.78 Å². The molecule has 0 unspecified atom stereocenters. The molecule has 112 valence electrons. The molecule has 2 aromatic heterocycles. The number of hydrogen-bond acceptors (Lipinski definition) is 4. The lowest BCUT2D eigenvalue weighted by Crippen LogP contribution is -2.20. The second kappa shape index (κ2) is 5.44. The van der Waals surface area contributed by atoms with Gasteiger partial charge in [0.15, 0.2) is 11.6 Å². The van der Waals surface area contributed by atoms with Crippen LogP contribution in [0.4, 0.5) is 14.5 Å². The second-order valence-corrected chi connectivity index (χ2v) is 6.86. The number of aromatic nitrogens is 1. The maximum absolute atomic E-state index is 13.5. The molecule has 0 aliphatic carbocycles. The monoisotopic (exact) mass is 334 g/mol. The number of rotatable bonds is 3. The third-order valence-corrected chi connectivity index (χ3v) is 5.41. The largest absolute Gasteiger partial charge is 0.365 e. The van der Waals surface area contributed by atoms with Crippen LogP contribution in [0.3, 0.4) is 0 Å². The van der Waals surface area contributed by atoms with Gasteiger partial charge in [-0.25, -0.2) is 13.8 Å². The zero-order valence-electron chi connectivity index (χ0n) is 11.6. The van der Waals surface area contributed by atoms with E-state index in [1.165, 1.54) is 12.1 Å². The Labute approximate surface area is 134 Å². The van der Waals surface area contributed by atoms with Crippen molar-refractivity contribution >= 4 is 28.4 Å². The highest BCUT2D eigenvalue weighted by atomic mass is 32.1. The number of anilines is 1. The van der Waals surface area contributed by atoms with Gasteiger partial charge in [-0.05, 0) is 29.5 Å². The molecule has 1 aromatic carbocycles. The van der Waals surface area contributed by atoms with Gasteiger partial charge >= 0.3 is 0 Å². The normalized spacial score (nSPS) is 13.6. The summed E-state index contributed by atoms with van der Waals surface area (Å²) in [6.45, 7) is 1.39. The van der Waals surface area contributed by atoms with E-state index < -0.39 is 11.6 Å². The minimum atomic E-state index is -0.789. The highest BCUT2D eigenvalue weighted by Gasteiger charge is 2.22. The van der Waals surface area contributed by atoms with Gasteiger partial charge in [0.25, 0.3) is 0 Å². The van der Waals surface area contributed by atoms with Crippen molar-refractivity contribution in [3.05, 3.63) is 57.2 Å². The molecule has 0 atom stereocenters. The molecule has 0 bridgehead atoms. The second-order valence-electron chi connectivity index (χ2n) is 5.22. The van der Waals surface area contributed by atoms with E-state index in [0.717, 1.165) is 40.5 Å². The maximum atomic E-state index is 13.5. The van der Waals surface area contributed by atoms with Gasteiger partial charge in [0.1, 0.15) is 5.01 Å². The zero-order valence-corrected chi connectivity index (χ0v) is 13.2. The lowest BCUT2D eigenvalue weighted by Gasteiger charge is -2.18. The third-order valence-electron chi connectivity index (χ3n) is 3.79. The summed E-state index contributed by atoms with van der Waals surface area (Å²) < 4.78 is 26.7. The SMILES string of the molecule is Fc1cc2c(cc1F)N(Cc1csc(-c3ccsc3)n1)CC2. The fraction of sp³-hybridized carbons (Fsp3) is 0.188. The summed E-state index contributed by atoms with van der Waals surface area (Å²) in [7, 11) is 0. The van der Waals surface area contributed by atoms with Crippen LogP contribution in [0.2, 0.25) is 0 Å². The fourth-order valence-electron chi connectivity index (χ4n) is 2.71. The molecule has 1 aliphatic heterocycles. The third kappa shape index (κ3) is 2.42. The Morgan fingerprint density at radius 2 is 2.05 bits per heavy atom. The molecule has 0 amide bonds. The van der Waals surface area contributed by atoms with Crippen LogP contribution in [-0.4, -0.2) is 11.5 Å². The molecule has 0 spiro atoms. The van der Waals surface area contributed by atoms with Crippen LogP contribution in [0.25, 0.3) is 10.6 Å². The summed E-state index contributed by atoms with van der Waals surface area (Å²) in [5.41, 5.74) is 3.75. The number of fused-ring (bicyclic) bond motifs is 1. The molecule has 6 heteroatoms. The van der Waals surface area contributed by atoms with E-state index in [1.807, 2.05) is 10.8 Å². The average Bonchev–Trinajstić information content (AvgIpc) is 3.22. The van der Waals surface area contributed by atoms with Crippen molar-refractivity contribution in [3.63, 3.8) is 0 Å². The molecule has 0 N–H and O–H groups in total. The molecule has 4 rings (SSSR count). The highest BCUT2D eigenvalue weighted by molar-refractivity contribution is 7.14. The van der Waals surface area contributed by atoms with Gasteiger partial charge in [0.2, 0.25) is 0 Å². The highest BCUT2D eigenvalue weighted by Crippen LogP contribution is 2.32. The van der Waals surface area contributed by atoms with E-state index in [2.05, 4.69) is 21.3 Å². The van der Waals surface area contributed by atoms with Crippen LogP contribution in [-0.2, 0) is 13.0 Å². The molecule has 0 radical (unpaired) electrons. The van der Waals surface area contributed by atoms with Crippen molar-refractivity contribution in [2.24, 2.45) is 0 Å². The van der Waals surface area contributed by atoms with Crippen LogP contribution in [0.15, 0.2) is 34.3 Å². The van der Waals surface area contributed by atoms with E-state index in [0.29, 0.717) is 6.54 Å². The van der Waals surface area contributed by atoms with Gasteiger partial charge in [-0.3, -0.25) is 0 Å². The summed E-state index contributed by atoms with van der Waals surface area (Å²) in [6.07, 6.45) is 0.744. The first-order valence-electron chi connectivity index (χ1n) is 6.90. The Morgan fingerprint density at radius 3 is 2.86 bits per heavy atom. The molecule has 3 aromatic rings. The number of thiazole rings is 1. The van der Waals surface area contributed by atoms with Crippen molar-refractivity contribution in [2.45, 2.75) is 13.0 Å². The summed E-state index contributed by atoms with van der Waals surface area (Å²) in [5, 5.41) is 7.14. The van der Waals surface area contributed by atoms with Crippen LogP contribution in [0, 0.1) is 11.6 Å². The van der Waals surface area contributed by atoms with Gasteiger partial charge in [-0.1, -0.05) is 0 Å². The number of halogens is 2. The molecule has 2 nitrogen and oxygen atoms in total. The van der Waals surface area contributed by atoms with E-state index in [1.54, 1.807) is 22.7 Å². The minimum absolute atomic E-state index is 0.624. The van der Waals surface area contributed by atoms with Gasteiger partial charge in [0, 0.05) is 34.6 Å². The van der Waals surface area contributed by atoms with E-state index in [4.69, 9.17) is 0 Å². The summed E-state index contributed by atoms with van der Waals surface area (Å²) >= 11 is 3.26. The maximum Gasteiger partial charge on any atom is 0.160 e. The van der Waals surface area contributed by atoms with Crippen LogP contribution >= 0.6 is 22.7 Å². The Balaban J connectivity index is 1.58. The minimum Gasteiger partial charge on any atom is -0.365 e. The van der Waals surface area contributed by atoms with E-state index in [-0.39, 0.29) is 0 Å². The van der Waals surface area contributed by atoms with Gasteiger partial charge in [-0.2, -0.15) is 11.3 Å². The van der Waals surface area contributed by atoms with Crippen molar-refractivity contribution in [1.82, 2.24) is 4.98 Å². The lowest BCUT2D eigenvalue weighted by molar-refractivity contribution is 0.508. The Bertz CT molecular complexity index is 812. The predicted octanol–water partition coefficient (Wildman–Crippen LogP) is 4.71. The summed E-state index contributed by atoms with van der Waals surface area (Å²) in [5.74, 6) is -1.56. The summed E-state index contributed by atoms with van der Waals surface area (Å²) in [6, 6.07) is 4.66. The standard InChI is InChI=1S/C16H12F2N2S2/c17-13-5-10-1-3-20(15(10)6-14(13)18)7-12-9-22-16(19-12)11-2-4-21-8-11/h2,4-6,8-9H,1,3,7H2. The number of thiophene rings is 1. The molecular formula is C16H12F2N2S2. The quantitative estimate of drug-likeness (QED) is 0.689. The first kappa shape index (κ1) is 13.8. The number of benzene rings is 1. The Morgan fingerprint density at radius 1 is 1.18 bits per heavy atom. The van der Waals surface area contributed by atoms with Crippen molar-refractivity contribution < 1.29 is 8.78 Å².